The first-order chi connectivity index (χ1) is 13.2. The molecule has 0 bridgehead atoms. The Kier molecular flexibility index (Phi) is 11.9. The van der Waals surface area contributed by atoms with E-state index in [1.165, 1.54) is 0 Å². The van der Waals surface area contributed by atoms with Crippen LogP contribution in [0.15, 0.2) is 53.5 Å². The van der Waals surface area contributed by atoms with Gasteiger partial charge in [0.25, 0.3) is 0 Å². The average molecular weight is 518 g/mol. The van der Waals surface area contributed by atoms with Gasteiger partial charge in [0.05, 0.1) is 20.3 Å². The summed E-state index contributed by atoms with van der Waals surface area (Å²) in [6, 6.07) is 15.7. The van der Waals surface area contributed by atoms with Crippen LogP contribution in [0.5, 0.6) is 5.75 Å². The predicted molar refractivity (Wildman–Crippen MR) is 127 cm³/mol. The summed E-state index contributed by atoms with van der Waals surface area (Å²) in [4.78, 5) is 4.62. The quantitative estimate of drug-likeness (QED) is 0.269. The lowest BCUT2D eigenvalue weighted by Gasteiger charge is -2.15. The minimum Gasteiger partial charge on any atom is -0.497 e. The Balaban J connectivity index is 0.00000392. The van der Waals surface area contributed by atoms with Crippen molar-refractivity contribution >= 4 is 41.5 Å². The van der Waals surface area contributed by atoms with E-state index in [-0.39, 0.29) is 36.5 Å². The number of nitrogens with one attached hydrogen (secondary N) is 2. The zero-order chi connectivity index (χ0) is 19.5. The smallest absolute Gasteiger partial charge is 0.191 e. The van der Waals surface area contributed by atoms with Gasteiger partial charge < -0.3 is 20.5 Å². The zero-order valence-corrected chi connectivity index (χ0v) is 19.4. The number of aliphatic hydroxyl groups is 1. The van der Waals surface area contributed by atoms with E-state index in [4.69, 9.17) is 16.3 Å². The number of aliphatic hydroxyl groups excluding tert-OH is 1. The molecular formula is C21H29ClIN3O2. The molecule has 0 aromatic heterocycles. The number of rotatable bonds is 9. The van der Waals surface area contributed by atoms with Crippen molar-refractivity contribution in [3.05, 3.63) is 64.7 Å². The van der Waals surface area contributed by atoms with Crippen LogP contribution in [0, 0.1) is 0 Å². The Morgan fingerprint density at radius 1 is 1.18 bits per heavy atom. The lowest BCUT2D eigenvalue weighted by molar-refractivity contribution is 0.268. The third-order valence-corrected chi connectivity index (χ3v) is 4.60. The molecule has 0 amide bonds. The molecule has 2 aromatic rings. The highest BCUT2D eigenvalue weighted by Gasteiger charge is 2.10. The maximum absolute atomic E-state index is 9.69. The summed E-state index contributed by atoms with van der Waals surface area (Å²) in [7, 11) is 1.63. The highest BCUT2D eigenvalue weighted by molar-refractivity contribution is 14.0. The van der Waals surface area contributed by atoms with E-state index in [2.05, 4.69) is 15.6 Å². The standard InChI is InChI=1S/C21H28ClN3O2.HI/c1-3-23-21(25-14-18(15-26)16-7-5-4-6-8-16)24-12-11-17-9-10-19(27-2)13-20(17)22;/h4-10,13,18,26H,3,11-12,14-15H2,1-2H3,(H2,23,24,25);1H. The van der Waals surface area contributed by atoms with Crippen LogP contribution in [0.4, 0.5) is 0 Å². The van der Waals surface area contributed by atoms with Gasteiger partial charge in [-0.25, -0.2) is 0 Å². The van der Waals surface area contributed by atoms with Crippen LogP contribution in [-0.4, -0.2) is 44.4 Å². The van der Waals surface area contributed by atoms with Gasteiger partial charge in [-0.3, -0.25) is 4.99 Å². The molecule has 2 rings (SSSR count). The fourth-order valence-corrected chi connectivity index (χ4v) is 2.98. The zero-order valence-electron chi connectivity index (χ0n) is 16.3. The number of guanidine groups is 1. The molecule has 0 spiro atoms. The molecule has 2 aromatic carbocycles. The molecule has 0 aliphatic heterocycles. The predicted octanol–water partition coefficient (Wildman–Crippen LogP) is 3.84. The Morgan fingerprint density at radius 3 is 2.54 bits per heavy atom. The van der Waals surface area contributed by atoms with Gasteiger partial charge in [0.1, 0.15) is 5.75 Å². The molecule has 154 valence electrons. The highest BCUT2D eigenvalue weighted by atomic mass is 127. The van der Waals surface area contributed by atoms with Gasteiger partial charge in [-0.1, -0.05) is 48.0 Å². The van der Waals surface area contributed by atoms with E-state index in [0.29, 0.717) is 18.1 Å². The summed E-state index contributed by atoms with van der Waals surface area (Å²) in [5, 5.41) is 16.9. The minimum absolute atomic E-state index is 0. The molecule has 0 heterocycles. The summed E-state index contributed by atoms with van der Waals surface area (Å²) in [5.74, 6) is 1.47. The lowest BCUT2D eigenvalue weighted by Crippen LogP contribution is -2.38. The number of hydrogen-bond acceptors (Lipinski definition) is 3. The number of nitrogens with zero attached hydrogens (tertiary/aromatic N) is 1. The number of benzene rings is 2. The maximum Gasteiger partial charge on any atom is 0.191 e. The van der Waals surface area contributed by atoms with Gasteiger partial charge in [0, 0.05) is 24.0 Å². The third kappa shape index (κ3) is 7.85. The Morgan fingerprint density at radius 2 is 1.93 bits per heavy atom. The SMILES string of the molecule is CCNC(=NCC(CO)c1ccccc1)NCCc1ccc(OC)cc1Cl.I. The summed E-state index contributed by atoms with van der Waals surface area (Å²) in [6.07, 6.45) is 0.773. The number of aliphatic imine (C=N–C) groups is 1. The molecule has 7 heteroatoms. The molecule has 1 atom stereocenters. The topological polar surface area (TPSA) is 65.9 Å². The highest BCUT2D eigenvalue weighted by Crippen LogP contribution is 2.22. The molecule has 0 aliphatic rings. The van der Waals surface area contributed by atoms with Crippen LogP contribution < -0.4 is 15.4 Å². The van der Waals surface area contributed by atoms with E-state index in [0.717, 1.165) is 35.8 Å². The van der Waals surface area contributed by atoms with Gasteiger partial charge in [-0.15, -0.1) is 24.0 Å². The van der Waals surface area contributed by atoms with Crippen molar-refractivity contribution < 1.29 is 9.84 Å². The first-order valence-corrected chi connectivity index (χ1v) is 9.56. The van der Waals surface area contributed by atoms with Crippen molar-refractivity contribution in [3.63, 3.8) is 0 Å². The van der Waals surface area contributed by atoms with E-state index >= 15 is 0 Å². The molecule has 0 saturated carbocycles. The molecule has 5 nitrogen and oxygen atoms in total. The first kappa shape index (κ1) is 24.5. The number of ether oxygens (including phenoxy) is 1. The normalized spacial score (nSPS) is 12.1. The van der Waals surface area contributed by atoms with Gasteiger partial charge in [-0.05, 0) is 36.6 Å². The molecule has 1 unspecified atom stereocenters. The van der Waals surface area contributed by atoms with E-state index < -0.39 is 0 Å². The molecule has 0 fully saturated rings. The Bertz CT molecular complexity index is 729. The maximum atomic E-state index is 9.69. The monoisotopic (exact) mass is 517 g/mol. The third-order valence-electron chi connectivity index (χ3n) is 4.25. The molecule has 0 saturated heterocycles. The van der Waals surface area contributed by atoms with E-state index in [1.807, 2.05) is 55.5 Å². The van der Waals surface area contributed by atoms with Crippen molar-refractivity contribution in [3.8, 4) is 5.75 Å². The molecular weight excluding hydrogens is 489 g/mol. The first-order valence-electron chi connectivity index (χ1n) is 9.18. The molecule has 0 aliphatic carbocycles. The molecule has 28 heavy (non-hydrogen) atoms. The van der Waals surface area contributed by atoms with Crippen LogP contribution in [0.1, 0.15) is 24.0 Å². The van der Waals surface area contributed by atoms with Gasteiger partial charge >= 0.3 is 0 Å². The van der Waals surface area contributed by atoms with Crippen molar-refractivity contribution in [2.75, 3.05) is 33.4 Å². The van der Waals surface area contributed by atoms with E-state index in [9.17, 15) is 5.11 Å². The largest absolute Gasteiger partial charge is 0.497 e. The average Bonchev–Trinajstić information content (AvgIpc) is 2.70. The summed E-state index contributed by atoms with van der Waals surface area (Å²) < 4.78 is 5.18. The van der Waals surface area contributed by atoms with Crippen LogP contribution in [0.3, 0.4) is 0 Å². The second-order valence-corrected chi connectivity index (χ2v) is 6.55. The fourth-order valence-electron chi connectivity index (χ4n) is 2.71. The second-order valence-electron chi connectivity index (χ2n) is 6.14. The van der Waals surface area contributed by atoms with E-state index in [1.54, 1.807) is 7.11 Å². The van der Waals surface area contributed by atoms with Crippen molar-refractivity contribution in [1.82, 2.24) is 10.6 Å². The summed E-state index contributed by atoms with van der Waals surface area (Å²) in [5.41, 5.74) is 2.14. The second kappa shape index (κ2) is 13.6. The fraction of sp³-hybridized carbons (Fsp3) is 0.381. The van der Waals surface area contributed by atoms with Gasteiger partial charge in [0.15, 0.2) is 5.96 Å². The van der Waals surface area contributed by atoms with Crippen LogP contribution >= 0.6 is 35.6 Å². The Hall–Kier alpha value is -1.51. The minimum atomic E-state index is -0.0160. The lowest BCUT2D eigenvalue weighted by atomic mass is 10.0. The Labute approximate surface area is 189 Å². The molecule has 3 N–H and O–H groups in total. The van der Waals surface area contributed by atoms with Crippen molar-refractivity contribution in [2.24, 2.45) is 4.99 Å². The number of hydrogen-bond donors (Lipinski definition) is 3. The van der Waals surface area contributed by atoms with Crippen LogP contribution in [-0.2, 0) is 6.42 Å². The number of methoxy groups -OCH3 is 1. The van der Waals surface area contributed by atoms with Crippen molar-refractivity contribution in [2.45, 2.75) is 19.3 Å². The van der Waals surface area contributed by atoms with Gasteiger partial charge in [0.2, 0.25) is 0 Å². The van der Waals surface area contributed by atoms with Gasteiger partial charge in [-0.2, -0.15) is 0 Å². The van der Waals surface area contributed by atoms with Crippen LogP contribution in [0.25, 0.3) is 0 Å². The molecule has 0 radical (unpaired) electrons. The summed E-state index contributed by atoms with van der Waals surface area (Å²) >= 11 is 6.29. The van der Waals surface area contributed by atoms with Crippen molar-refractivity contribution in [1.29, 1.82) is 0 Å². The summed E-state index contributed by atoms with van der Waals surface area (Å²) in [6.45, 7) is 4.07. The number of halogens is 2. The van der Waals surface area contributed by atoms with Crippen LogP contribution in [0.2, 0.25) is 5.02 Å².